The first kappa shape index (κ1) is 18.2. The van der Waals surface area contributed by atoms with Gasteiger partial charge in [-0.3, -0.25) is 4.79 Å². The summed E-state index contributed by atoms with van der Waals surface area (Å²) in [5.41, 5.74) is 2.36. The highest BCUT2D eigenvalue weighted by atomic mass is 19.1. The summed E-state index contributed by atoms with van der Waals surface area (Å²) in [7, 11) is 0. The monoisotopic (exact) mass is 379 g/mol. The molecule has 1 aliphatic heterocycles. The standard InChI is InChI=1S/C22H22FN3O2/c1-15(28-20-11-5-3-9-17(20)23)22(27)25-18-10-4-2-8-16(18)19-14-26-13-7-6-12-21(26)24-19/h2-5,8-11,14-15H,6-7,12-13H2,1H3,(H,25,27). The van der Waals surface area contributed by atoms with Crippen molar-refractivity contribution < 1.29 is 13.9 Å². The molecule has 2 aromatic carbocycles. The second-order valence-corrected chi connectivity index (χ2v) is 6.92. The largest absolute Gasteiger partial charge is 0.478 e. The average molecular weight is 379 g/mol. The van der Waals surface area contributed by atoms with E-state index < -0.39 is 11.9 Å². The van der Waals surface area contributed by atoms with Crippen LogP contribution in [-0.2, 0) is 17.8 Å². The van der Waals surface area contributed by atoms with Gasteiger partial charge >= 0.3 is 0 Å². The SMILES string of the molecule is CC(Oc1ccccc1F)C(=O)Nc1ccccc1-c1cn2c(n1)CCCC2. The molecule has 3 aromatic rings. The quantitative estimate of drug-likeness (QED) is 0.713. The first-order valence-electron chi connectivity index (χ1n) is 9.49. The number of para-hydroxylation sites is 2. The van der Waals surface area contributed by atoms with Crippen LogP contribution in [0.1, 0.15) is 25.6 Å². The lowest BCUT2D eigenvalue weighted by Gasteiger charge is -2.16. The molecule has 1 amide bonds. The minimum atomic E-state index is -0.847. The Kier molecular flexibility index (Phi) is 5.10. The van der Waals surface area contributed by atoms with E-state index in [4.69, 9.17) is 9.72 Å². The van der Waals surface area contributed by atoms with E-state index in [0.717, 1.165) is 42.9 Å². The number of hydrogen-bond donors (Lipinski definition) is 1. The number of rotatable bonds is 5. The molecular formula is C22H22FN3O2. The van der Waals surface area contributed by atoms with Gasteiger partial charge in [0.15, 0.2) is 17.7 Å². The fraction of sp³-hybridized carbons (Fsp3) is 0.273. The Balaban J connectivity index is 1.53. The summed E-state index contributed by atoms with van der Waals surface area (Å²) in [5, 5.41) is 2.89. The molecule has 0 saturated heterocycles. The maximum Gasteiger partial charge on any atom is 0.265 e. The Morgan fingerprint density at radius 1 is 1.18 bits per heavy atom. The van der Waals surface area contributed by atoms with Crippen LogP contribution in [0.15, 0.2) is 54.7 Å². The summed E-state index contributed by atoms with van der Waals surface area (Å²) in [5.74, 6) is 0.296. The van der Waals surface area contributed by atoms with Crippen molar-refractivity contribution in [3.63, 3.8) is 0 Å². The number of carbonyl (C=O) groups is 1. The van der Waals surface area contributed by atoms with Crippen molar-refractivity contribution in [3.8, 4) is 17.0 Å². The van der Waals surface area contributed by atoms with E-state index in [1.54, 1.807) is 19.1 Å². The van der Waals surface area contributed by atoms with Gasteiger partial charge in [-0.15, -0.1) is 0 Å². The number of hydrogen-bond acceptors (Lipinski definition) is 3. The minimum Gasteiger partial charge on any atom is -0.478 e. The van der Waals surface area contributed by atoms with Crippen molar-refractivity contribution in [3.05, 3.63) is 66.4 Å². The molecule has 1 aromatic heterocycles. The van der Waals surface area contributed by atoms with E-state index in [9.17, 15) is 9.18 Å². The average Bonchev–Trinajstić information content (AvgIpc) is 3.14. The zero-order chi connectivity index (χ0) is 19.5. The molecule has 28 heavy (non-hydrogen) atoms. The molecule has 1 atom stereocenters. The third kappa shape index (κ3) is 3.76. The zero-order valence-corrected chi connectivity index (χ0v) is 15.7. The fourth-order valence-electron chi connectivity index (χ4n) is 3.38. The molecular weight excluding hydrogens is 357 g/mol. The lowest BCUT2D eigenvalue weighted by atomic mass is 10.1. The summed E-state index contributed by atoms with van der Waals surface area (Å²) >= 11 is 0. The Bertz CT molecular complexity index is 975. The number of amides is 1. The number of nitrogens with zero attached hydrogens (tertiary/aromatic N) is 2. The van der Waals surface area contributed by atoms with Crippen LogP contribution in [0.3, 0.4) is 0 Å². The van der Waals surface area contributed by atoms with Gasteiger partial charge in [0.25, 0.3) is 5.91 Å². The molecule has 0 radical (unpaired) electrons. The van der Waals surface area contributed by atoms with Crippen molar-refractivity contribution in [1.82, 2.24) is 9.55 Å². The predicted molar refractivity (Wildman–Crippen MR) is 106 cm³/mol. The third-order valence-corrected chi connectivity index (χ3v) is 4.88. The van der Waals surface area contributed by atoms with Gasteiger partial charge in [0.2, 0.25) is 0 Å². The van der Waals surface area contributed by atoms with E-state index >= 15 is 0 Å². The van der Waals surface area contributed by atoms with E-state index in [0.29, 0.717) is 5.69 Å². The maximum absolute atomic E-state index is 13.8. The molecule has 144 valence electrons. The summed E-state index contributed by atoms with van der Waals surface area (Å²) in [6.07, 6.45) is 4.48. The summed E-state index contributed by atoms with van der Waals surface area (Å²) in [6.45, 7) is 2.57. The van der Waals surface area contributed by atoms with Gasteiger partial charge in [0.1, 0.15) is 5.82 Å². The van der Waals surface area contributed by atoms with Gasteiger partial charge in [-0.2, -0.15) is 0 Å². The number of anilines is 1. The number of aryl methyl sites for hydroxylation is 2. The van der Waals surface area contributed by atoms with Crippen LogP contribution in [-0.4, -0.2) is 21.6 Å². The molecule has 0 bridgehead atoms. The predicted octanol–water partition coefficient (Wildman–Crippen LogP) is 4.43. The zero-order valence-electron chi connectivity index (χ0n) is 15.7. The van der Waals surface area contributed by atoms with Crippen LogP contribution in [0.4, 0.5) is 10.1 Å². The highest BCUT2D eigenvalue weighted by Crippen LogP contribution is 2.29. The lowest BCUT2D eigenvalue weighted by Crippen LogP contribution is -2.30. The second-order valence-electron chi connectivity index (χ2n) is 6.92. The number of halogens is 1. The molecule has 2 heterocycles. The van der Waals surface area contributed by atoms with E-state index in [2.05, 4.69) is 9.88 Å². The lowest BCUT2D eigenvalue weighted by molar-refractivity contribution is -0.122. The molecule has 0 fully saturated rings. The van der Waals surface area contributed by atoms with Crippen molar-refractivity contribution in [2.45, 2.75) is 38.8 Å². The molecule has 5 nitrogen and oxygen atoms in total. The molecule has 0 saturated carbocycles. The van der Waals surface area contributed by atoms with Crippen LogP contribution < -0.4 is 10.1 Å². The molecule has 4 rings (SSSR count). The van der Waals surface area contributed by atoms with Crippen LogP contribution in [0, 0.1) is 5.82 Å². The summed E-state index contributed by atoms with van der Waals surface area (Å²) in [6, 6.07) is 13.6. The summed E-state index contributed by atoms with van der Waals surface area (Å²) in [4.78, 5) is 17.4. The number of benzene rings is 2. The van der Waals surface area contributed by atoms with Crippen molar-refractivity contribution in [2.24, 2.45) is 0 Å². The number of carbonyl (C=O) groups excluding carboxylic acids is 1. The molecule has 1 aliphatic rings. The van der Waals surface area contributed by atoms with Crippen LogP contribution in [0.25, 0.3) is 11.3 Å². The maximum atomic E-state index is 13.8. The number of ether oxygens (including phenoxy) is 1. The first-order chi connectivity index (χ1) is 13.6. The van der Waals surface area contributed by atoms with Gasteiger partial charge in [0.05, 0.1) is 11.4 Å². The fourth-order valence-corrected chi connectivity index (χ4v) is 3.38. The van der Waals surface area contributed by atoms with Crippen molar-refractivity contribution >= 4 is 11.6 Å². The third-order valence-electron chi connectivity index (χ3n) is 4.88. The topological polar surface area (TPSA) is 56.1 Å². The minimum absolute atomic E-state index is 0.0558. The van der Waals surface area contributed by atoms with Gasteiger partial charge in [-0.25, -0.2) is 9.37 Å². The Morgan fingerprint density at radius 2 is 1.96 bits per heavy atom. The van der Waals surface area contributed by atoms with Crippen molar-refractivity contribution in [2.75, 3.05) is 5.32 Å². The van der Waals surface area contributed by atoms with Gasteiger partial charge in [-0.1, -0.05) is 30.3 Å². The van der Waals surface area contributed by atoms with Crippen LogP contribution in [0.2, 0.25) is 0 Å². The Morgan fingerprint density at radius 3 is 2.79 bits per heavy atom. The number of imidazole rings is 1. The van der Waals surface area contributed by atoms with Crippen molar-refractivity contribution in [1.29, 1.82) is 0 Å². The van der Waals surface area contributed by atoms with E-state index in [-0.39, 0.29) is 11.7 Å². The molecule has 6 heteroatoms. The summed E-state index contributed by atoms with van der Waals surface area (Å²) < 4.78 is 21.4. The Labute approximate surface area is 163 Å². The molecule has 1 N–H and O–H groups in total. The smallest absolute Gasteiger partial charge is 0.265 e. The number of fused-ring (bicyclic) bond motifs is 1. The number of aromatic nitrogens is 2. The highest BCUT2D eigenvalue weighted by Gasteiger charge is 2.20. The Hall–Kier alpha value is -3.15. The van der Waals surface area contributed by atoms with E-state index in [1.165, 1.54) is 12.1 Å². The van der Waals surface area contributed by atoms with Gasteiger partial charge in [0, 0.05) is 24.7 Å². The highest BCUT2D eigenvalue weighted by molar-refractivity contribution is 5.97. The molecule has 0 spiro atoms. The van der Waals surface area contributed by atoms with Crippen LogP contribution in [0.5, 0.6) is 5.75 Å². The first-order valence-corrected chi connectivity index (χ1v) is 9.49. The van der Waals surface area contributed by atoms with E-state index in [1.807, 2.05) is 30.5 Å². The normalized spacial score (nSPS) is 14.2. The van der Waals surface area contributed by atoms with Crippen LogP contribution >= 0.6 is 0 Å². The second kappa shape index (κ2) is 7.84. The molecule has 1 unspecified atom stereocenters. The number of nitrogens with one attached hydrogen (secondary N) is 1. The molecule has 0 aliphatic carbocycles. The van der Waals surface area contributed by atoms with Gasteiger partial charge in [-0.05, 0) is 38.0 Å². The van der Waals surface area contributed by atoms with Gasteiger partial charge < -0.3 is 14.6 Å².